The molecular weight excluding hydrogens is 566 g/mol. The summed E-state index contributed by atoms with van der Waals surface area (Å²) >= 11 is -0.472. The van der Waals surface area contributed by atoms with Crippen LogP contribution < -0.4 is 4.52 Å². The first kappa shape index (κ1) is 29.8. The van der Waals surface area contributed by atoms with E-state index in [-0.39, 0.29) is 23.6 Å². The Balaban J connectivity index is -0.000000176. The van der Waals surface area contributed by atoms with Crippen LogP contribution in [0, 0.1) is 10.1 Å². The van der Waals surface area contributed by atoms with Crippen LogP contribution in [0.5, 0.6) is 5.75 Å². The molecule has 1 aromatic carbocycles. The first-order valence-electron chi connectivity index (χ1n) is 4.15. The maximum Gasteiger partial charge on any atom is -0.693 e. The Morgan fingerprint density at radius 3 is 2.00 bits per heavy atom. The van der Waals surface area contributed by atoms with Crippen LogP contribution in [0.4, 0.5) is 0 Å². The van der Waals surface area contributed by atoms with Crippen molar-refractivity contribution < 1.29 is 40.7 Å². The van der Waals surface area contributed by atoms with Crippen LogP contribution in [0.3, 0.4) is 0 Å². The Bertz CT molecular complexity index is 427. The summed E-state index contributed by atoms with van der Waals surface area (Å²) < 4.78 is 4.70. The number of hydrogen-bond acceptors (Lipinski definition) is 7. The number of benzene rings is 1. The fraction of sp³-hybridized carbons (Fsp3) is 0. The van der Waals surface area contributed by atoms with Gasteiger partial charge in [0, 0.05) is 0 Å². The second-order valence-electron chi connectivity index (χ2n) is 2.60. The van der Waals surface area contributed by atoms with Crippen molar-refractivity contribution in [3.8, 4) is 5.75 Å². The Labute approximate surface area is 145 Å². The largest absolute Gasteiger partial charge is 0.693 e. The molecule has 132 valence electrons. The van der Waals surface area contributed by atoms with Gasteiger partial charge < -0.3 is 27.5 Å². The molecule has 10 nitrogen and oxygen atoms in total. The normalized spacial score (nSPS) is 8.59. The molecule has 0 saturated carbocycles. The third-order valence-corrected chi connectivity index (χ3v) is 2.13. The Morgan fingerprint density at radius 1 is 1.32 bits per heavy atom. The number of carboxylic acid groups (broad SMARTS) is 1. The predicted molar refractivity (Wildman–Crippen MR) is 86.5 cm³/mol. The van der Waals surface area contributed by atoms with E-state index in [1.165, 1.54) is 18.2 Å². The van der Waals surface area contributed by atoms with E-state index in [2.05, 4.69) is 0 Å². The minimum Gasteiger partial charge on any atom is -0.693 e. The van der Waals surface area contributed by atoms with Crippen molar-refractivity contribution in [2.45, 2.75) is 0 Å². The number of rotatable bonds is 3. The number of halogens is 2. The number of nitrogens with two attached hydrogens (primary N) is 2. The Morgan fingerprint density at radius 2 is 1.68 bits per heavy atom. The minimum atomic E-state index is -3.55. The number of carboxylic acids is 1. The molecule has 22 heavy (non-hydrogen) atoms. The molecule has 0 spiro atoms. The molecule has 7 N–H and O–H groups in total. The van der Waals surface area contributed by atoms with Crippen LogP contribution >= 0.6 is 35.4 Å². The quantitative estimate of drug-likeness (QED) is 0.268. The number of nitrogens with zero attached hydrogens (tertiary/aromatic N) is 1. The molecule has 1 unspecified atom stereocenters. The molecule has 0 fully saturated rings. The van der Waals surface area contributed by atoms with Gasteiger partial charge in [-0.2, -0.15) is 9.79 Å². The van der Waals surface area contributed by atoms with Crippen LogP contribution in [0.1, 0.15) is 10.4 Å². The van der Waals surface area contributed by atoms with E-state index in [0.29, 0.717) is 0 Å². The zero-order valence-corrected chi connectivity index (χ0v) is 16.3. The fourth-order valence-corrected chi connectivity index (χ4v) is 1.66. The summed E-state index contributed by atoms with van der Waals surface area (Å²) in [6.45, 7) is 0. The molecule has 0 aromatic heterocycles. The van der Waals surface area contributed by atoms with Gasteiger partial charge >= 0.3 is 48.9 Å². The van der Waals surface area contributed by atoms with E-state index in [4.69, 9.17) is 48.4 Å². The smallest absolute Gasteiger partial charge is 0.693 e. The summed E-state index contributed by atoms with van der Waals surface area (Å²) in [6, 6.07) is 5.74. The maximum atomic E-state index is 10.7. The van der Waals surface area contributed by atoms with Crippen LogP contribution in [0.25, 0.3) is 12.3 Å². The first-order chi connectivity index (χ1) is 9.23. The molecule has 0 amide bonds. The fourth-order valence-electron chi connectivity index (χ4n) is 0.868. The Kier molecular flexibility index (Phi) is 23.3. The molecule has 0 saturated heterocycles. The van der Waals surface area contributed by atoms with Crippen molar-refractivity contribution in [2.75, 3.05) is 0 Å². The van der Waals surface area contributed by atoms with Crippen molar-refractivity contribution in [2.24, 2.45) is 5.34 Å². The average molecular weight is 579 g/mol. The van der Waals surface area contributed by atoms with Crippen molar-refractivity contribution >= 4 is 41.4 Å². The van der Waals surface area contributed by atoms with E-state index >= 15 is 0 Å². The average Bonchev–Trinajstić information content (AvgIpc) is 2.29. The van der Waals surface area contributed by atoms with Gasteiger partial charge in [-0.1, -0.05) is 12.1 Å². The zero-order valence-electron chi connectivity index (χ0n) is 10.5. The molecule has 0 bridgehead atoms. The minimum absolute atomic E-state index is 0. The topological polar surface area (TPSA) is 206 Å². The van der Waals surface area contributed by atoms with Gasteiger partial charge in [-0.05, 0) is 12.1 Å². The molecule has 0 aliphatic heterocycles. The first-order valence-corrected chi connectivity index (χ1v) is 13.0. The van der Waals surface area contributed by atoms with Gasteiger partial charge in [-0.3, -0.25) is 4.52 Å². The molecule has 1 aromatic rings. The number of carbonyl (C=O) groups is 1. The van der Waals surface area contributed by atoms with Gasteiger partial charge in [0.25, 0.3) is 0 Å². The monoisotopic (exact) mass is 578 g/mol. The molecular formula is C7H13Cl2N3O7P2Pt. The summed E-state index contributed by atoms with van der Waals surface area (Å²) in [7, 11) is 7.93. The van der Waals surface area contributed by atoms with Gasteiger partial charge in [0.15, 0.2) is 5.75 Å². The maximum absolute atomic E-state index is 10.7. The van der Waals surface area contributed by atoms with Gasteiger partial charge in [0.1, 0.15) is 14.5 Å². The number of hydrogen-bond donors (Lipinski definition) is 3. The summed E-state index contributed by atoms with van der Waals surface area (Å²) in [5, 5.41) is 17.7. The molecule has 0 radical (unpaired) electrons. The standard InChI is InChI=1S/C7H8O5P2.2ClH.HNO2.2H2N.Pt/c8-7(9)5-3-1-2-4-6(5)12-14(10,11)13;;;2-1-3;;;/h1-4,10-11H,13H2;2*1H;(H,2,3);2*1H2;/q;;;;2*-1;+4/p-2. The second kappa shape index (κ2) is 17.2. The molecule has 0 heterocycles. The van der Waals surface area contributed by atoms with Crippen LogP contribution in [-0.4, -0.2) is 20.9 Å². The molecule has 1 rings (SSSR count). The van der Waals surface area contributed by atoms with Crippen LogP contribution in [0.15, 0.2) is 29.6 Å². The van der Waals surface area contributed by atoms with E-state index in [0.717, 1.165) is 5.34 Å². The van der Waals surface area contributed by atoms with Crippen molar-refractivity contribution in [1.82, 2.24) is 0 Å². The number of aromatic carboxylic acids is 1. The van der Waals surface area contributed by atoms with Gasteiger partial charge in [-0.25, -0.2) is 4.79 Å². The van der Waals surface area contributed by atoms with Crippen molar-refractivity contribution in [1.29, 1.82) is 0 Å². The van der Waals surface area contributed by atoms with E-state index in [1.54, 1.807) is 15.0 Å². The van der Waals surface area contributed by atoms with E-state index in [1.807, 2.05) is 0 Å². The second-order valence-corrected chi connectivity index (χ2v) is 9.26. The SMILES string of the molecule is O=C(O)c1ccccc1O[P+](O)(O)P.O=N[O-].[Cl][Pt+2][Cl].[NH2-].[NH2-]. The van der Waals surface area contributed by atoms with Crippen molar-refractivity contribution in [3.63, 3.8) is 0 Å². The molecule has 0 aliphatic rings. The number of para-hydroxylation sites is 1. The third-order valence-electron chi connectivity index (χ3n) is 1.35. The summed E-state index contributed by atoms with van der Waals surface area (Å²) in [6.07, 6.45) is 0. The van der Waals surface area contributed by atoms with Crippen LogP contribution in [-0.2, 0) is 16.5 Å². The Hall–Kier alpha value is -0.142. The zero-order chi connectivity index (χ0) is 16.2. The van der Waals surface area contributed by atoms with Gasteiger partial charge in [0.05, 0.1) is 0 Å². The summed E-state index contributed by atoms with van der Waals surface area (Å²) in [4.78, 5) is 36.7. The third kappa shape index (κ3) is 17.9. The van der Waals surface area contributed by atoms with Crippen LogP contribution in [0.2, 0.25) is 0 Å². The summed E-state index contributed by atoms with van der Waals surface area (Å²) in [5.74, 6) is -1.24. The molecule has 1 atom stereocenters. The molecule has 15 heteroatoms. The molecule has 0 aliphatic carbocycles. The van der Waals surface area contributed by atoms with E-state index in [9.17, 15) is 4.79 Å². The predicted octanol–water partition coefficient (Wildman–Crippen LogP) is 4.36. The summed E-state index contributed by atoms with van der Waals surface area (Å²) in [5.41, 5.74) is -0.109. The van der Waals surface area contributed by atoms with Gasteiger partial charge in [-0.15, -0.1) is 5.34 Å². The van der Waals surface area contributed by atoms with E-state index < -0.39 is 30.1 Å². The van der Waals surface area contributed by atoms with Gasteiger partial charge in [0.2, 0.25) is 0 Å². The van der Waals surface area contributed by atoms with Crippen molar-refractivity contribution in [3.05, 3.63) is 52.2 Å².